The van der Waals surface area contributed by atoms with Gasteiger partial charge in [-0.2, -0.15) is 0 Å². The van der Waals surface area contributed by atoms with Crippen molar-refractivity contribution in [2.24, 2.45) is 34.4 Å². The molecule has 3 aliphatic heterocycles. The summed E-state index contributed by atoms with van der Waals surface area (Å²) in [6.07, 6.45) is -19.8. The van der Waals surface area contributed by atoms with Crippen molar-refractivity contribution >= 4 is 0 Å². The van der Waals surface area contributed by atoms with Gasteiger partial charge in [-0.3, -0.25) is 0 Å². The van der Waals surface area contributed by atoms with Crippen LogP contribution in [0.2, 0.25) is 0 Å². The molecule has 19 N–H and O–H groups in total. The molecule has 42 heavy (non-hydrogen) atoms. The molecule has 19 heteroatoms. The van der Waals surface area contributed by atoms with Crippen LogP contribution >= 0.6 is 0 Å². The lowest BCUT2D eigenvalue weighted by Crippen LogP contribution is -2.68. The van der Waals surface area contributed by atoms with Crippen LogP contribution in [0.25, 0.3) is 0 Å². The first-order chi connectivity index (χ1) is 19.8. The Morgan fingerprint density at radius 1 is 0.524 bits per heavy atom. The summed E-state index contributed by atoms with van der Waals surface area (Å²) in [6.45, 7) is -0.967. The molecule has 1 aliphatic carbocycles. The molecule has 246 valence electrons. The van der Waals surface area contributed by atoms with Gasteiger partial charge in [0, 0.05) is 25.2 Å². The smallest absolute Gasteiger partial charge is 0.187 e. The quantitative estimate of drug-likeness (QED) is 0.115. The molecule has 0 spiro atoms. The molecule has 1 saturated carbocycles. The summed E-state index contributed by atoms with van der Waals surface area (Å²) in [5, 5.41) is 73.0. The molecule has 4 aliphatic rings. The zero-order valence-electron chi connectivity index (χ0n) is 22.8. The number of aliphatic hydroxyl groups excluding tert-OH is 7. The van der Waals surface area contributed by atoms with Gasteiger partial charge in [-0.25, -0.2) is 0 Å². The molecule has 3 saturated heterocycles. The number of nitrogens with two attached hydrogens (primary N) is 6. The SMILES string of the molecule is NCC1O[C@H](O[C@@H]2C(N)C[C@@H](N)C(O)[C@H]2O[C@@H]2O[C@H](CO)[C@H](OC3O[C@@H](CN)[C@H](O)C(O)[C@H]3N)C2O)C(N)[C@@H](O)[C@@H]1O. The first-order valence-corrected chi connectivity index (χ1v) is 13.9. The van der Waals surface area contributed by atoms with Gasteiger partial charge in [0.25, 0.3) is 0 Å². The van der Waals surface area contributed by atoms with Crippen LogP contribution in [-0.2, 0) is 28.4 Å². The largest absolute Gasteiger partial charge is 0.394 e. The molecular formula is C23H46N6O13. The van der Waals surface area contributed by atoms with Gasteiger partial charge in [0.05, 0.1) is 24.8 Å². The van der Waals surface area contributed by atoms with Crippen molar-refractivity contribution in [2.45, 2.75) is 123 Å². The third-order valence-corrected chi connectivity index (χ3v) is 8.37. The first-order valence-electron chi connectivity index (χ1n) is 13.9. The Morgan fingerprint density at radius 3 is 1.45 bits per heavy atom. The fraction of sp³-hybridized carbons (Fsp3) is 1.00. The number of ether oxygens (including phenoxy) is 6. The van der Waals surface area contributed by atoms with E-state index >= 15 is 0 Å². The first kappa shape index (κ1) is 34.1. The lowest BCUT2D eigenvalue weighted by Gasteiger charge is -2.47. The fourth-order valence-electron chi connectivity index (χ4n) is 5.74. The van der Waals surface area contributed by atoms with Crippen LogP contribution < -0.4 is 34.4 Å². The molecule has 4 fully saturated rings. The summed E-state index contributed by atoms with van der Waals surface area (Å²) in [5.74, 6) is 0. The van der Waals surface area contributed by atoms with Crippen LogP contribution in [0.4, 0.5) is 0 Å². The van der Waals surface area contributed by atoms with Crippen molar-refractivity contribution in [3.05, 3.63) is 0 Å². The second-order valence-corrected chi connectivity index (χ2v) is 11.2. The Bertz CT molecular complexity index is 868. The third kappa shape index (κ3) is 6.60. The van der Waals surface area contributed by atoms with Crippen LogP contribution in [0.5, 0.6) is 0 Å². The molecule has 4 rings (SSSR count). The molecule has 0 aromatic carbocycles. The zero-order chi connectivity index (χ0) is 31.0. The summed E-state index contributed by atoms with van der Waals surface area (Å²) in [4.78, 5) is 0. The molecule has 0 bridgehead atoms. The Balaban J connectivity index is 1.50. The standard InChI is InChI=1S/C23H46N6O13/c24-2-7-13(32)15(34)10(28)21(37-7)40-18-6(27)1-5(26)12(31)20(18)42-23-17(36)19(9(4-30)39-23)41-22-11(29)16(35)14(33)8(3-25)38-22/h5-23,30-36H,1-4,24-29H2/t5-,6?,7?,8+,9-,10?,11-,12?,13-,14+,15-,16?,17?,18-,19+,20-,21-,22?,23+/m1/s1. The van der Waals surface area contributed by atoms with Gasteiger partial charge in [-0.1, -0.05) is 0 Å². The second-order valence-electron chi connectivity index (χ2n) is 11.2. The van der Waals surface area contributed by atoms with Crippen molar-refractivity contribution in [3.63, 3.8) is 0 Å². The predicted molar refractivity (Wildman–Crippen MR) is 138 cm³/mol. The van der Waals surface area contributed by atoms with Gasteiger partial charge < -0.3 is 98.6 Å². The molecule has 0 aromatic heterocycles. The average Bonchev–Trinajstić information content (AvgIpc) is 3.27. The molecule has 19 atom stereocenters. The minimum absolute atomic E-state index is 0.0889. The molecule has 0 radical (unpaired) electrons. The topological polar surface area (TPSA) is 353 Å². The Morgan fingerprint density at radius 2 is 0.976 bits per heavy atom. The number of rotatable bonds is 9. The number of hydrogen-bond acceptors (Lipinski definition) is 19. The Hall–Kier alpha value is -0.760. The van der Waals surface area contributed by atoms with Crippen molar-refractivity contribution in [3.8, 4) is 0 Å². The normalized spacial score (nSPS) is 53.8. The summed E-state index contributed by atoms with van der Waals surface area (Å²) in [5.41, 5.74) is 35.6. The minimum atomic E-state index is -1.60. The van der Waals surface area contributed by atoms with Crippen molar-refractivity contribution < 1.29 is 64.2 Å². The molecule has 19 nitrogen and oxygen atoms in total. The lowest BCUT2D eigenvalue weighted by atomic mass is 9.84. The molecule has 0 amide bonds. The maximum atomic E-state index is 11.1. The van der Waals surface area contributed by atoms with E-state index in [1.54, 1.807) is 0 Å². The predicted octanol–water partition coefficient (Wildman–Crippen LogP) is -8.90. The van der Waals surface area contributed by atoms with Gasteiger partial charge >= 0.3 is 0 Å². The Labute approximate surface area is 241 Å². The van der Waals surface area contributed by atoms with Crippen LogP contribution in [0.3, 0.4) is 0 Å². The second kappa shape index (κ2) is 14.1. The van der Waals surface area contributed by atoms with Crippen LogP contribution in [-0.4, -0.2) is 172 Å². The van der Waals surface area contributed by atoms with E-state index in [0.717, 1.165) is 0 Å². The van der Waals surface area contributed by atoms with Gasteiger partial charge in [0.1, 0.15) is 67.1 Å². The molecule has 3 heterocycles. The van der Waals surface area contributed by atoms with Crippen LogP contribution in [0, 0.1) is 0 Å². The summed E-state index contributed by atoms with van der Waals surface area (Å²) < 4.78 is 34.6. The highest BCUT2D eigenvalue weighted by molar-refractivity contribution is 5.02. The van der Waals surface area contributed by atoms with Crippen molar-refractivity contribution in [1.82, 2.24) is 0 Å². The van der Waals surface area contributed by atoms with Crippen LogP contribution in [0.1, 0.15) is 6.42 Å². The van der Waals surface area contributed by atoms with E-state index in [2.05, 4.69) is 0 Å². The summed E-state index contributed by atoms with van der Waals surface area (Å²) in [6, 6.07) is -4.18. The molecular weight excluding hydrogens is 568 g/mol. The average molecular weight is 615 g/mol. The van der Waals surface area contributed by atoms with Crippen LogP contribution in [0.15, 0.2) is 0 Å². The van der Waals surface area contributed by atoms with E-state index in [4.69, 9.17) is 62.8 Å². The fourth-order valence-corrected chi connectivity index (χ4v) is 5.74. The molecule has 0 aromatic rings. The highest BCUT2D eigenvalue weighted by Gasteiger charge is 2.54. The Kier molecular flexibility index (Phi) is 11.5. The van der Waals surface area contributed by atoms with E-state index in [-0.39, 0.29) is 19.5 Å². The monoisotopic (exact) mass is 614 g/mol. The van der Waals surface area contributed by atoms with Gasteiger partial charge in [-0.05, 0) is 6.42 Å². The van der Waals surface area contributed by atoms with E-state index in [0.29, 0.717) is 0 Å². The highest BCUT2D eigenvalue weighted by Crippen LogP contribution is 2.34. The van der Waals surface area contributed by atoms with E-state index in [9.17, 15) is 35.7 Å². The van der Waals surface area contributed by atoms with Crippen molar-refractivity contribution in [2.75, 3.05) is 19.7 Å². The highest BCUT2D eigenvalue weighted by atomic mass is 16.8. The molecule has 7 unspecified atom stereocenters. The van der Waals surface area contributed by atoms with E-state index < -0.39 is 123 Å². The van der Waals surface area contributed by atoms with E-state index in [1.807, 2.05) is 0 Å². The van der Waals surface area contributed by atoms with E-state index in [1.165, 1.54) is 0 Å². The van der Waals surface area contributed by atoms with Gasteiger partial charge in [0.15, 0.2) is 18.9 Å². The maximum Gasteiger partial charge on any atom is 0.187 e. The minimum Gasteiger partial charge on any atom is -0.394 e. The van der Waals surface area contributed by atoms with Crippen molar-refractivity contribution in [1.29, 1.82) is 0 Å². The zero-order valence-corrected chi connectivity index (χ0v) is 22.8. The summed E-state index contributed by atoms with van der Waals surface area (Å²) >= 11 is 0. The summed E-state index contributed by atoms with van der Waals surface area (Å²) in [7, 11) is 0. The maximum absolute atomic E-state index is 11.1. The lowest BCUT2D eigenvalue weighted by molar-refractivity contribution is -0.306. The van der Waals surface area contributed by atoms with Gasteiger partial charge in [-0.15, -0.1) is 0 Å². The van der Waals surface area contributed by atoms with Gasteiger partial charge in [0.2, 0.25) is 0 Å². The number of aliphatic hydroxyl groups is 7. The third-order valence-electron chi connectivity index (χ3n) is 8.37. The number of hydrogen-bond donors (Lipinski definition) is 13.